The highest BCUT2D eigenvalue weighted by molar-refractivity contribution is 14.1. The number of hydrogen-bond donors (Lipinski definition) is 5. The number of carbonyl (C=O) groups is 2. The number of hydrogen-bond acceptors (Lipinski definition) is 6. The molecule has 0 heterocycles. The number of nitrogens with two attached hydrogens (primary N) is 1. The molecule has 3 aliphatic carbocycles. The van der Waals surface area contributed by atoms with Gasteiger partial charge in [-0.05, 0) is 65.0 Å². The van der Waals surface area contributed by atoms with E-state index in [0.717, 1.165) is 9.13 Å². The van der Waals surface area contributed by atoms with Crippen LogP contribution in [0.25, 0.3) is 5.76 Å². The summed E-state index contributed by atoms with van der Waals surface area (Å²) < 4.78 is 0.878. The lowest BCUT2D eigenvalue weighted by atomic mass is 9.60. The van der Waals surface area contributed by atoms with Gasteiger partial charge in [0.2, 0.25) is 0 Å². The van der Waals surface area contributed by atoms with Crippen LogP contribution >= 0.6 is 22.6 Å². The van der Waals surface area contributed by atoms with Crippen LogP contribution in [0, 0.1) is 21.3 Å². The summed E-state index contributed by atoms with van der Waals surface area (Å²) in [5.74, 6) is -3.67. The molecule has 1 aromatic carbocycles. The predicted molar refractivity (Wildman–Crippen MR) is 104 cm³/mol. The maximum Gasteiger partial charge on any atom is 0.250 e. The number of rotatable bonds is 1. The van der Waals surface area contributed by atoms with Crippen LogP contribution in [0.5, 0.6) is 5.75 Å². The van der Waals surface area contributed by atoms with E-state index in [2.05, 4.69) is 22.6 Å². The number of phenolic OH excluding ortho intramolecular Hbond substituents is 1. The lowest BCUT2D eigenvalue weighted by Gasteiger charge is -2.43. The summed E-state index contributed by atoms with van der Waals surface area (Å²) in [7, 11) is 0. The van der Waals surface area contributed by atoms with E-state index >= 15 is 0 Å². The molecule has 7 nitrogen and oxygen atoms in total. The third-order valence-corrected chi connectivity index (χ3v) is 6.93. The lowest BCUT2D eigenvalue weighted by molar-refractivity contribution is -0.129. The smallest absolute Gasteiger partial charge is 0.250 e. The van der Waals surface area contributed by atoms with E-state index in [-0.39, 0.29) is 52.2 Å². The van der Waals surface area contributed by atoms with Gasteiger partial charge < -0.3 is 26.2 Å². The molecule has 4 atom stereocenters. The van der Waals surface area contributed by atoms with Crippen molar-refractivity contribution in [1.29, 1.82) is 0 Å². The van der Waals surface area contributed by atoms with Crippen molar-refractivity contribution < 1.29 is 30.0 Å². The van der Waals surface area contributed by atoms with Gasteiger partial charge in [-0.3, -0.25) is 9.59 Å². The molecule has 0 radical (unpaired) electrons. The minimum absolute atomic E-state index is 0.0836. The number of allylic oxidation sites excluding steroid dienone is 2. The Morgan fingerprint density at radius 1 is 1.19 bits per heavy atom. The fraction of sp³-hybridized carbons (Fsp3) is 0.368. The van der Waals surface area contributed by atoms with E-state index in [4.69, 9.17) is 5.73 Å². The minimum atomic E-state index is -1.51. The van der Waals surface area contributed by atoms with Crippen LogP contribution in [-0.4, -0.2) is 38.2 Å². The van der Waals surface area contributed by atoms with Gasteiger partial charge in [0, 0.05) is 15.6 Å². The van der Waals surface area contributed by atoms with Gasteiger partial charge >= 0.3 is 0 Å². The average molecular weight is 483 g/mol. The summed E-state index contributed by atoms with van der Waals surface area (Å²) in [5, 5.41) is 41.7. The van der Waals surface area contributed by atoms with Gasteiger partial charge in [0.05, 0.1) is 23.2 Å². The molecule has 8 heteroatoms. The van der Waals surface area contributed by atoms with Crippen molar-refractivity contribution >= 4 is 40.0 Å². The van der Waals surface area contributed by atoms with E-state index in [1.165, 1.54) is 6.07 Å². The second-order valence-electron chi connectivity index (χ2n) is 7.34. The Morgan fingerprint density at radius 2 is 1.89 bits per heavy atom. The van der Waals surface area contributed by atoms with Gasteiger partial charge in [0.15, 0.2) is 5.78 Å². The molecule has 0 aromatic heterocycles. The Morgan fingerprint density at radius 3 is 2.56 bits per heavy atom. The maximum atomic E-state index is 13.2. The molecule has 1 fully saturated rings. The van der Waals surface area contributed by atoms with Gasteiger partial charge in [-0.2, -0.15) is 0 Å². The van der Waals surface area contributed by atoms with E-state index in [9.17, 15) is 30.0 Å². The number of amides is 1. The Balaban J connectivity index is 1.84. The van der Waals surface area contributed by atoms with Crippen molar-refractivity contribution in [3.05, 3.63) is 43.7 Å². The van der Waals surface area contributed by atoms with E-state index in [1.807, 2.05) is 0 Å². The van der Waals surface area contributed by atoms with Crippen molar-refractivity contribution in [2.75, 3.05) is 0 Å². The van der Waals surface area contributed by atoms with Crippen molar-refractivity contribution in [3.63, 3.8) is 0 Å². The molecule has 142 valence electrons. The van der Waals surface area contributed by atoms with Gasteiger partial charge in [-0.1, -0.05) is 0 Å². The number of aromatic hydroxyl groups is 1. The Hall–Kier alpha value is -2.07. The third-order valence-electron chi connectivity index (χ3n) is 5.92. The van der Waals surface area contributed by atoms with Crippen LogP contribution < -0.4 is 5.73 Å². The second-order valence-corrected chi connectivity index (χ2v) is 8.50. The Bertz CT molecular complexity index is 950. The molecule has 3 unspecified atom stereocenters. The van der Waals surface area contributed by atoms with Crippen molar-refractivity contribution in [2.24, 2.45) is 23.5 Å². The molecule has 1 aromatic rings. The molecule has 6 N–H and O–H groups in total. The predicted octanol–water partition coefficient (Wildman–Crippen LogP) is 1.71. The fourth-order valence-electron chi connectivity index (χ4n) is 4.78. The normalized spacial score (nSPS) is 29.9. The highest BCUT2D eigenvalue weighted by atomic mass is 127. The zero-order chi connectivity index (χ0) is 19.6. The van der Waals surface area contributed by atoms with Crippen LogP contribution in [0.1, 0.15) is 24.0 Å². The summed E-state index contributed by atoms with van der Waals surface area (Å²) in [4.78, 5) is 24.8. The van der Waals surface area contributed by atoms with E-state index in [1.54, 1.807) is 6.07 Å². The number of ketones is 1. The lowest BCUT2D eigenvalue weighted by Crippen LogP contribution is -2.49. The topological polar surface area (TPSA) is 141 Å². The minimum Gasteiger partial charge on any atom is -0.512 e. The van der Waals surface area contributed by atoms with E-state index < -0.39 is 23.7 Å². The number of primary amides is 1. The third kappa shape index (κ3) is 2.57. The van der Waals surface area contributed by atoms with E-state index in [0.29, 0.717) is 12.8 Å². The van der Waals surface area contributed by atoms with Crippen LogP contribution in [-0.2, 0) is 16.0 Å². The number of aliphatic hydroxyl groups is 3. The Labute approximate surface area is 168 Å². The van der Waals surface area contributed by atoms with Crippen molar-refractivity contribution in [3.8, 4) is 5.75 Å². The number of Topliss-reactive ketones (excluding diaryl/α,β-unsaturated/α-hetero) is 1. The first-order chi connectivity index (χ1) is 12.7. The number of halogens is 1. The highest BCUT2D eigenvalue weighted by Gasteiger charge is 2.51. The SMILES string of the molecule is NC(=O)C1=C(O)C[C@@H]2CC3Cc4c(I)ccc(O)c4C(O)=C3C(=O)C2C1O. The molecule has 4 rings (SSSR count). The van der Waals surface area contributed by atoms with Gasteiger partial charge in [-0.15, -0.1) is 0 Å². The van der Waals surface area contributed by atoms with Gasteiger partial charge in [-0.25, -0.2) is 0 Å². The molecule has 1 saturated carbocycles. The number of phenols is 1. The summed E-state index contributed by atoms with van der Waals surface area (Å²) in [6.45, 7) is 0. The highest BCUT2D eigenvalue weighted by Crippen LogP contribution is 2.50. The van der Waals surface area contributed by atoms with Crippen LogP contribution in [0.4, 0.5) is 0 Å². The first kappa shape index (κ1) is 18.3. The van der Waals surface area contributed by atoms with Gasteiger partial charge in [0.1, 0.15) is 17.3 Å². The summed E-state index contributed by atoms with van der Waals surface area (Å²) >= 11 is 2.12. The summed E-state index contributed by atoms with van der Waals surface area (Å²) in [6.07, 6.45) is -0.491. The number of aliphatic hydroxyl groups excluding tert-OH is 3. The zero-order valence-electron chi connectivity index (χ0n) is 14.1. The maximum absolute atomic E-state index is 13.2. The molecule has 1 amide bonds. The number of fused-ring (bicyclic) bond motifs is 3. The number of benzene rings is 1. The number of carbonyl (C=O) groups excluding carboxylic acids is 2. The molecular weight excluding hydrogens is 465 g/mol. The average Bonchev–Trinajstić information content (AvgIpc) is 2.57. The van der Waals surface area contributed by atoms with Gasteiger partial charge in [0.25, 0.3) is 5.91 Å². The molecule has 0 saturated heterocycles. The molecule has 0 bridgehead atoms. The first-order valence-corrected chi connectivity index (χ1v) is 9.68. The largest absolute Gasteiger partial charge is 0.512 e. The van der Waals surface area contributed by atoms with Crippen LogP contribution in [0.3, 0.4) is 0 Å². The molecule has 0 aliphatic heterocycles. The van der Waals surface area contributed by atoms with Crippen LogP contribution in [0.15, 0.2) is 29.0 Å². The summed E-state index contributed by atoms with van der Waals surface area (Å²) in [5.41, 5.74) is 6.11. The first-order valence-electron chi connectivity index (χ1n) is 8.60. The zero-order valence-corrected chi connectivity index (χ0v) is 16.3. The Kier molecular flexibility index (Phi) is 4.22. The fourth-order valence-corrected chi connectivity index (χ4v) is 5.45. The molecule has 0 spiro atoms. The van der Waals surface area contributed by atoms with Crippen LogP contribution in [0.2, 0.25) is 0 Å². The molecule has 27 heavy (non-hydrogen) atoms. The monoisotopic (exact) mass is 483 g/mol. The van der Waals surface area contributed by atoms with Crippen molar-refractivity contribution in [1.82, 2.24) is 0 Å². The summed E-state index contributed by atoms with van der Waals surface area (Å²) in [6, 6.07) is 3.22. The second kappa shape index (κ2) is 6.23. The van der Waals surface area contributed by atoms with Crippen molar-refractivity contribution in [2.45, 2.75) is 25.4 Å². The molecular formula is C19H18INO6. The standard InChI is InChI=1S/C19H18INO6/c20-9-1-2-10(22)14-8(9)4-6-3-7-5-11(23)15(19(21)27)18(26)13(7)16(24)12(6)17(14)25/h1-2,6-7,13,18,22-23,25-26H,3-5H2,(H2,21,27)/t6?,7-,13?,18?/m0/s1. The molecule has 3 aliphatic rings. The quantitative estimate of drug-likeness (QED) is 0.385.